The first-order valence-electron chi connectivity index (χ1n) is 4.63. The molecule has 0 fully saturated rings. The minimum absolute atomic E-state index is 0.953. The van der Waals surface area contributed by atoms with Gasteiger partial charge in [0.1, 0.15) is 0 Å². The van der Waals surface area contributed by atoms with Crippen LogP contribution in [0.4, 0.5) is 0 Å². The lowest BCUT2D eigenvalue weighted by Crippen LogP contribution is -2.22. The standard InChI is InChI=1S/C9H10N4S/c1-3-11-13(5-1)9-12-7-2-4-10-6-8(7)14-9/h1,3,5,10H,2,4,6H2. The molecule has 0 bridgehead atoms. The molecular weight excluding hydrogens is 196 g/mol. The highest BCUT2D eigenvalue weighted by atomic mass is 32.1. The summed E-state index contributed by atoms with van der Waals surface area (Å²) in [6.45, 7) is 1.99. The van der Waals surface area contributed by atoms with E-state index >= 15 is 0 Å². The molecule has 4 nitrogen and oxygen atoms in total. The number of nitrogens with one attached hydrogen (secondary N) is 1. The van der Waals surface area contributed by atoms with Crippen LogP contribution in [0.25, 0.3) is 5.13 Å². The third-order valence-corrected chi connectivity index (χ3v) is 3.38. The molecule has 14 heavy (non-hydrogen) atoms. The maximum atomic E-state index is 4.57. The van der Waals surface area contributed by atoms with E-state index in [1.165, 1.54) is 10.6 Å². The lowest BCUT2D eigenvalue weighted by molar-refractivity contribution is 0.642. The molecule has 1 N–H and O–H groups in total. The lowest BCUT2D eigenvalue weighted by atomic mass is 10.2. The zero-order chi connectivity index (χ0) is 9.38. The van der Waals surface area contributed by atoms with Crippen molar-refractivity contribution in [2.75, 3.05) is 6.54 Å². The van der Waals surface area contributed by atoms with Crippen molar-refractivity contribution >= 4 is 11.3 Å². The molecule has 5 heteroatoms. The van der Waals surface area contributed by atoms with Crippen LogP contribution in [0.5, 0.6) is 0 Å². The molecule has 0 spiro atoms. The van der Waals surface area contributed by atoms with E-state index in [1.807, 2.05) is 16.9 Å². The molecule has 0 saturated heterocycles. The quantitative estimate of drug-likeness (QED) is 0.756. The molecule has 3 heterocycles. The van der Waals surface area contributed by atoms with Gasteiger partial charge in [0.25, 0.3) is 0 Å². The number of thiazole rings is 1. The fourth-order valence-corrected chi connectivity index (χ4v) is 2.61. The molecule has 0 unspecified atom stereocenters. The van der Waals surface area contributed by atoms with Gasteiger partial charge in [0.2, 0.25) is 5.13 Å². The average Bonchev–Trinajstić information content (AvgIpc) is 2.86. The zero-order valence-electron chi connectivity index (χ0n) is 7.60. The summed E-state index contributed by atoms with van der Waals surface area (Å²) in [5.41, 5.74) is 1.24. The molecule has 2 aromatic rings. The van der Waals surface area contributed by atoms with Crippen molar-refractivity contribution < 1.29 is 0 Å². The number of rotatable bonds is 1. The lowest BCUT2D eigenvalue weighted by Gasteiger charge is -2.09. The predicted molar refractivity (Wildman–Crippen MR) is 54.6 cm³/mol. The van der Waals surface area contributed by atoms with Gasteiger partial charge >= 0.3 is 0 Å². The number of aromatic nitrogens is 3. The van der Waals surface area contributed by atoms with Crippen LogP contribution in [0.3, 0.4) is 0 Å². The summed E-state index contributed by atoms with van der Waals surface area (Å²) in [7, 11) is 0. The van der Waals surface area contributed by atoms with E-state index in [4.69, 9.17) is 0 Å². The van der Waals surface area contributed by atoms with E-state index in [-0.39, 0.29) is 0 Å². The fourth-order valence-electron chi connectivity index (χ4n) is 1.59. The van der Waals surface area contributed by atoms with E-state index < -0.39 is 0 Å². The summed E-state index contributed by atoms with van der Waals surface area (Å²) >= 11 is 1.72. The van der Waals surface area contributed by atoms with E-state index in [0.717, 1.165) is 24.6 Å². The summed E-state index contributed by atoms with van der Waals surface area (Å²) in [6, 6.07) is 1.92. The first-order chi connectivity index (χ1) is 6.93. The smallest absolute Gasteiger partial charge is 0.210 e. The second-order valence-electron chi connectivity index (χ2n) is 3.24. The fraction of sp³-hybridized carbons (Fsp3) is 0.333. The molecule has 72 valence electrons. The first-order valence-corrected chi connectivity index (χ1v) is 5.44. The Labute approximate surface area is 85.6 Å². The van der Waals surface area contributed by atoms with E-state index in [0.29, 0.717) is 0 Å². The van der Waals surface area contributed by atoms with Crippen molar-refractivity contribution in [3.05, 3.63) is 29.0 Å². The van der Waals surface area contributed by atoms with Gasteiger partial charge in [-0.05, 0) is 6.07 Å². The van der Waals surface area contributed by atoms with Crippen LogP contribution in [0.15, 0.2) is 18.5 Å². The van der Waals surface area contributed by atoms with Crippen LogP contribution >= 0.6 is 11.3 Å². The number of nitrogens with zero attached hydrogens (tertiary/aromatic N) is 3. The molecule has 3 rings (SSSR count). The van der Waals surface area contributed by atoms with Gasteiger partial charge in [-0.1, -0.05) is 11.3 Å². The molecule has 0 saturated carbocycles. The van der Waals surface area contributed by atoms with Crippen LogP contribution in [-0.2, 0) is 13.0 Å². The summed E-state index contributed by atoms with van der Waals surface area (Å²) in [5.74, 6) is 0. The van der Waals surface area contributed by atoms with Gasteiger partial charge < -0.3 is 5.32 Å². The summed E-state index contributed by atoms with van der Waals surface area (Å²) in [5, 5.41) is 8.49. The van der Waals surface area contributed by atoms with Crippen molar-refractivity contribution in [3.8, 4) is 5.13 Å². The topological polar surface area (TPSA) is 42.7 Å². The van der Waals surface area contributed by atoms with Gasteiger partial charge in [0, 0.05) is 36.8 Å². The Morgan fingerprint density at radius 3 is 3.29 bits per heavy atom. The van der Waals surface area contributed by atoms with E-state index in [2.05, 4.69) is 15.4 Å². The highest BCUT2D eigenvalue weighted by molar-refractivity contribution is 7.14. The van der Waals surface area contributed by atoms with Crippen molar-refractivity contribution in [3.63, 3.8) is 0 Å². The second kappa shape index (κ2) is 3.18. The maximum Gasteiger partial charge on any atom is 0.210 e. The minimum Gasteiger partial charge on any atom is -0.311 e. The van der Waals surface area contributed by atoms with E-state index in [9.17, 15) is 0 Å². The van der Waals surface area contributed by atoms with Crippen LogP contribution in [0.1, 0.15) is 10.6 Å². The van der Waals surface area contributed by atoms with Crippen LogP contribution in [0.2, 0.25) is 0 Å². The molecule has 1 aliphatic rings. The zero-order valence-corrected chi connectivity index (χ0v) is 8.42. The number of hydrogen-bond donors (Lipinski definition) is 1. The molecule has 0 amide bonds. The third kappa shape index (κ3) is 1.25. The van der Waals surface area contributed by atoms with Gasteiger partial charge in [-0.3, -0.25) is 0 Å². The molecule has 0 radical (unpaired) electrons. The molecule has 0 aromatic carbocycles. The monoisotopic (exact) mass is 206 g/mol. The molecular formula is C9H10N4S. The Kier molecular flexibility index (Phi) is 1.85. The van der Waals surface area contributed by atoms with Crippen LogP contribution in [0, 0.1) is 0 Å². The predicted octanol–water partition coefficient (Wildman–Crippen LogP) is 0.974. The number of fused-ring (bicyclic) bond motifs is 1. The minimum atomic E-state index is 0.953. The van der Waals surface area contributed by atoms with Crippen LogP contribution in [-0.4, -0.2) is 21.3 Å². The highest BCUT2D eigenvalue weighted by Crippen LogP contribution is 2.23. The number of hydrogen-bond acceptors (Lipinski definition) is 4. The van der Waals surface area contributed by atoms with Crippen molar-refractivity contribution in [2.45, 2.75) is 13.0 Å². The van der Waals surface area contributed by atoms with Crippen molar-refractivity contribution in [1.82, 2.24) is 20.1 Å². The Hall–Kier alpha value is -1.20. The largest absolute Gasteiger partial charge is 0.311 e. The van der Waals surface area contributed by atoms with Gasteiger partial charge in [-0.2, -0.15) is 5.10 Å². The summed E-state index contributed by atoms with van der Waals surface area (Å²) in [6.07, 6.45) is 4.74. The SMILES string of the molecule is c1cnn(-c2nc3c(s2)CNCC3)c1. The summed E-state index contributed by atoms with van der Waals surface area (Å²) in [4.78, 5) is 5.92. The Balaban J connectivity index is 2.04. The molecule has 1 aliphatic heterocycles. The molecule has 2 aromatic heterocycles. The summed E-state index contributed by atoms with van der Waals surface area (Å²) < 4.78 is 1.82. The Morgan fingerprint density at radius 1 is 1.50 bits per heavy atom. The average molecular weight is 206 g/mol. The van der Waals surface area contributed by atoms with Gasteiger partial charge in [-0.15, -0.1) is 0 Å². The van der Waals surface area contributed by atoms with Gasteiger partial charge in [-0.25, -0.2) is 9.67 Å². The van der Waals surface area contributed by atoms with Gasteiger partial charge in [0.15, 0.2) is 0 Å². The Bertz CT molecular complexity index is 408. The van der Waals surface area contributed by atoms with Crippen molar-refractivity contribution in [1.29, 1.82) is 0 Å². The van der Waals surface area contributed by atoms with Crippen LogP contribution < -0.4 is 5.32 Å². The third-order valence-electron chi connectivity index (χ3n) is 2.29. The van der Waals surface area contributed by atoms with E-state index in [1.54, 1.807) is 17.5 Å². The normalized spacial score (nSPS) is 15.4. The van der Waals surface area contributed by atoms with Gasteiger partial charge in [0.05, 0.1) is 5.69 Å². The molecule has 0 aliphatic carbocycles. The maximum absolute atomic E-state index is 4.57. The van der Waals surface area contributed by atoms with Crippen molar-refractivity contribution in [2.24, 2.45) is 0 Å². The highest BCUT2D eigenvalue weighted by Gasteiger charge is 2.15. The molecule has 0 atom stereocenters. The second-order valence-corrected chi connectivity index (χ2v) is 4.31. The first kappa shape index (κ1) is 8.14. The Morgan fingerprint density at radius 2 is 2.50 bits per heavy atom.